The number of aryl methyl sites for hydroxylation is 1. The standard InChI is InChI=1S/C24H26N4O4/c1-27(15-24(30)31)23(29)8-10-28-14-19(7-9-25)21-12-20(5-6-22(21)28)32-16-18-4-2-3-17(11-18)13-26/h2-6,11-12,14H,7-10,15-16,25H2,1H3,(H,30,31). The van der Waals surface area contributed by atoms with E-state index in [1.54, 1.807) is 12.1 Å². The van der Waals surface area contributed by atoms with Crippen molar-refractivity contribution in [3.05, 3.63) is 65.4 Å². The molecule has 8 nitrogen and oxygen atoms in total. The van der Waals surface area contributed by atoms with Gasteiger partial charge < -0.3 is 25.0 Å². The molecule has 0 saturated heterocycles. The zero-order valence-corrected chi connectivity index (χ0v) is 18.0. The minimum absolute atomic E-state index is 0.198. The van der Waals surface area contributed by atoms with Crippen LogP contribution in [0.15, 0.2) is 48.7 Å². The van der Waals surface area contributed by atoms with Crippen LogP contribution in [0, 0.1) is 11.3 Å². The lowest BCUT2D eigenvalue weighted by molar-refractivity contribution is -0.143. The molecule has 8 heteroatoms. The number of aromatic nitrogens is 1. The average molecular weight is 434 g/mol. The molecule has 2 aromatic carbocycles. The summed E-state index contributed by atoms with van der Waals surface area (Å²) in [4.78, 5) is 24.2. The molecule has 1 amide bonds. The van der Waals surface area contributed by atoms with Gasteiger partial charge in [0.1, 0.15) is 18.9 Å². The Morgan fingerprint density at radius 3 is 2.78 bits per heavy atom. The highest BCUT2D eigenvalue weighted by molar-refractivity contribution is 5.86. The van der Waals surface area contributed by atoms with Gasteiger partial charge in [-0.25, -0.2) is 0 Å². The van der Waals surface area contributed by atoms with Crippen LogP contribution in [0.2, 0.25) is 0 Å². The summed E-state index contributed by atoms with van der Waals surface area (Å²) in [6, 6.07) is 15.2. The number of nitrogens with zero attached hydrogens (tertiary/aromatic N) is 3. The molecule has 0 atom stereocenters. The minimum atomic E-state index is -1.04. The maximum absolute atomic E-state index is 12.2. The van der Waals surface area contributed by atoms with Gasteiger partial charge in [0.2, 0.25) is 5.91 Å². The number of carbonyl (C=O) groups is 2. The van der Waals surface area contributed by atoms with Gasteiger partial charge in [0.25, 0.3) is 0 Å². The Bertz CT molecular complexity index is 1160. The van der Waals surface area contributed by atoms with Crippen molar-refractivity contribution in [3.8, 4) is 11.8 Å². The molecule has 0 fully saturated rings. The van der Waals surface area contributed by atoms with Gasteiger partial charge in [-0.2, -0.15) is 5.26 Å². The number of carbonyl (C=O) groups excluding carboxylic acids is 1. The van der Waals surface area contributed by atoms with E-state index in [4.69, 9.17) is 20.8 Å². The van der Waals surface area contributed by atoms with Crippen molar-refractivity contribution < 1.29 is 19.4 Å². The first-order chi connectivity index (χ1) is 15.4. The SMILES string of the molecule is CN(CC(=O)O)C(=O)CCn1cc(CCN)c2cc(OCc3cccc(C#N)c3)ccc21. The molecule has 0 bridgehead atoms. The van der Waals surface area contributed by atoms with Gasteiger partial charge in [-0.1, -0.05) is 12.1 Å². The number of amides is 1. The summed E-state index contributed by atoms with van der Waals surface area (Å²) in [6.45, 7) is 0.955. The number of ether oxygens (including phenoxy) is 1. The van der Waals surface area contributed by atoms with Gasteiger partial charge in [-0.05, 0) is 54.4 Å². The molecule has 0 saturated carbocycles. The monoisotopic (exact) mass is 434 g/mol. The molecule has 3 aromatic rings. The Morgan fingerprint density at radius 2 is 2.06 bits per heavy atom. The van der Waals surface area contributed by atoms with E-state index in [2.05, 4.69) is 6.07 Å². The lowest BCUT2D eigenvalue weighted by Crippen LogP contribution is -2.32. The number of hydrogen-bond donors (Lipinski definition) is 2. The van der Waals surface area contributed by atoms with E-state index in [0.717, 1.165) is 22.0 Å². The van der Waals surface area contributed by atoms with Crippen LogP contribution in [-0.4, -0.2) is 46.6 Å². The van der Waals surface area contributed by atoms with Crippen LogP contribution in [0.3, 0.4) is 0 Å². The molecule has 0 aliphatic carbocycles. The molecule has 0 aliphatic rings. The van der Waals surface area contributed by atoms with Crippen molar-refractivity contribution in [2.75, 3.05) is 20.1 Å². The fourth-order valence-electron chi connectivity index (χ4n) is 3.57. The van der Waals surface area contributed by atoms with E-state index < -0.39 is 5.97 Å². The molecule has 1 aromatic heterocycles. The zero-order chi connectivity index (χ0) is 23.1. The highest BCUT2D eigenvalue weighted by atomic mass is 16.5. The van der Waals surface area contributed by atoms with Gasteiger partial charge in [0, 0.05) is 37.1 Å². The predicted octanol–water partition coefficient (Wildman–Crippen LogP) is 2.53. The molecule has 0 unspecified atom stereocenters. The molecule has 1 heterocycles. The Morgan fingerprint density at radius 1 is 1.25 bits per heavy atom. The molecule has 166 valence electrons. The quantitative estimate of drug-likeness (QED) is 0.506. The van der Waals surface area contributed by atoms with Crippen molar-refractivity contribution in [1.29, 1.82) is 5.26 Å². The van der Waals surface area contributed by atoms with Crippen LogP contribution in [0.25, 0.3) is 10.9 Å². The molecule has 0 spiro atoms. The third kappa shape index (κ3) is 5.65. The first-order valence-corrected chi connectivity index (χ1v) is 10.3. The second-order valence-corrected chi connectivity index (χ2v) is 7.56. The summed E-state index contributed by atoms with van der Waals surface area (Å²) in [5, 5.41) is 18.9. The smallest absolute Gasteiger partial charge is 0.323 e. The number of aliphatic carboxylic acids is 1. The number of rotatable bonds is 10. The summed E-state index contributed by atoms with van der Waals surface area (Å²) in [5.74, 6) is -0.563. The van der Waals surface area contributed by atoms with E-state index in [-0.39, 0.29) is 18.9 Å². The number of fused-ring (bicyclic) bond motifs is 1. The highest BCUT2D eigenvalue weighted by Gasteiger charge is 2.14. The van der Waals surface area contributed by atoms with E-state index in [9.17, 15) is 9.59 Å². The molecule has 3 rings (SSSR count). The molecule has 3 N–H and O–H groups in total. The van der Waals surface area contributed by atoms with Gasteiger partial charge in [0.05, 0.1) is 11.6 Å². The second-order valence-electron chi connectivity index (χ2n) is 7.56. The van der Waals surface area contributed by atoms with Crippen LogP contribution in [0.5, 0.6) is 5.75 Å². The minimum Gasteiger partial charge on any atom is -0.489 e. The lowest BCUT2D eigenvalue weighted by Gasteiger charge is -2.15. The highest BCUT2D eigenvalue weighted by Crippen LogP contribution is 2.27. The third-order valence-electron chi connectivity index (χ3n) is 5.18. The number of benzene rings is 2. The summed E-state index contributed by atoms with van der Waals surface area (Å²) in [6.07, 6.45) is 2.87. The van der Waals surface area contributed by atoms with E-state index in [0.29, 0.717) is 37.4 Å². The van der Waals surface area contributed by atoms with Crippen molar-refractivity contribution in [1.82, 2.24) is 9.47 Å². The summed E-state index contributed by atoms with van der Waals surface area (Å²) in [5.41, 5.74) is 9.31. The summed E-state index contributed by atoms with van der Waals surface area (Å²) >= 11 is 0. The Balaban J connectivity index is 1.76. The zero-order valence-electron chi connectivity index (χ0n) is 18.0. The fraction of sp³-hybridized carbons (Fsp3) is 0.292. The van der Waals surface area contributed by atoms with Gasteiger partial charge >= 0.3 is 5.97 Å². The van der Waals surface area contributed by atoms with E-state index in [1.807, 2.05) is 41.1 Å². The number of carboxylic acid groups (broad SMARTS) is 1. The normalized spacial score (nSPS) is 10.7. The fourth-order valence-corrected chi connectivity index (χ4v) is 3.57. The first-order valence-electron chi connectivity index (χ1n) is 10.3. The van der Waals surface area contributed by atoms with Crippen LogP contribution in [-0.2, 0) is 29.2 Å². The maximum Gasteiger partial charge on any atom is 0.323 e. The Labute approximate surface area is 186 Å². The molecule has 0 radical (unpaired) electrons. The molecular weight excluding hydrogens is 408 g/mol. The number of nitrogens with two attached hydrogens (primary N) is 1. The van der Waals surface area contributed by atoms with Crippen LogP contribution in [0.1, 0.15) is 23.1 Å². The van der Waals surface area contributed by atoms with Crippen LogP contribution in [0.4, 0.5) is 0 Å². The van der Waals surface area contributed by atoms with E-state index >= 15 is 0 Å². The van der Waals surface area contributed by atoms with Crippen molar-refractivity contribution >= 4 is 22.8 Å². The van der Waals surface area contributed by atoms with Crippen molar-refractivity contribution in [3.63, 3.8) is 0 Å². The lowest BCUT2D eigenvalue weighted by atomic mass is 10.1. The predicted molar refractivity (Wildman–Crippen MR) is 120 cm³/mol. The molecule has 32 heavy (non-hydrogen) atoms. The third-order valence-corrected chi connectivity index (χ3v) is 5.18. The molecular formula is C24H26N4O4. The first kappa shape index (κ1) is 22.8. The average Bonchev–Trinajstić information content (AvgIpc) is 3.12. The second kappa shape index (κ2) is 10.5. The number of carboxylic acids is 1. The van der Waals surface area contributed by atoms with Crippen molar-refractivity contribution in [2.24, 2.45) is 5.73 Å². The number of hydrogen-bond acceptors (Lipinski definition) is 5. The van der Waals surface area contributed by atoms with Crippen molar-refractivity contribution in [2.45, 2.75) is 26.0 Å². The van der Waals surface area contributed by atoms with Gasteiger partial charge in [-0.3, -0.25) is 9.59 Å². The summed E-state index contributed by atoms with van der Waals surface area (Å²) < 4.78 is 7.94. The van der Waals surface area contributed by atoms with Crippen LogP contribution < -0.4 is 10.5 Å². The van der Waals surface area contributed by atoms with Crippen LogP contribution >= 0.6 is 0 Å². The van der Waals surface area contributed by atoms with Gasteiger partial charge in [0.15, 0.2) is 0 Å². The maximum atomic E-state index is 12.2. The van der Waals surface area contributed by atoms with Gasteiger partial charge in [-0.15, -0.1) is 0 Å². The van der Waals surface area contributed by atoms with E-state index in [1.165, 1.54) is 11.9 Å². The summed E-state index contributed by atoms with van der Waals surface area (Å²) in [7, 11) is 1.49. The largest absolute Gasteiger partial charge is 0.489 e. The Hall–Kier alpha value is -3.83. The number of nitriles is 1. The Kier molecular flexibility index (Phi) is 7.47. The topological polar surface area (TPSA) is 122 Å². The number of likely N-dealkylation sites (N-methyl/N-ethyl adjacent to an activating group) is 1. The molecule has 0 aliphatic heterocycles.